The Bertz CT molecular complexity index is 1070. The van der Waals surface area contributed by atoms with Crippen LogP contribution in [0.4, 0.5) is 4.79 Å². The Kier molecular flexibility index (Phi) is 7.64. The minimum Gasteiger partial charge on any atom is -0.341 e. The van der Waals surface area contributed by atoms with E-state index in [0.717, 1.165) is 67.9 Å². The molecule has 35 heavy (non-hydrogen) atoms. The number of hydrogen-bond donors (Lipinski definition) is 1. The average Bonchev–Trinajstić information content (AvgIpc) is 3.44. The number of urea groups is 1. The molecule has 1 atom stereocenters. The van der Waals surface area contributed by atoms with E-state index in [0.29, 0.717) is 12.6 Å². The van der Waals surface area contributed by atoms with Gasteiger partial charge in [-0.25, -0.2) is 9.78 Å². The van der Waals surface area contributed by atoms with Gasteiger partial charge in [0.05, 0.1) is 18.3 Å². The number of nitrogens with two attached hydrogens (primary N) is 1. The smallest absolute Gasteiger partial charge is 0.320 e. The molecule has 0 bridgehead atoms. The predicted molar refractivity (Wildman–Crippen MR) is 147 cm³/mol. The summed E-state index contributed by atoms with van der Waals surface area (Å²) in [6, 6.07) is 8.64. The second-order valence-electron chi connectivity index (χ2n) is 10.2. The number of thiazole rings is 1. The zero-order valence-electron chi connectivity index (χ0n) is 20.2. The summed E-state index contributed by atoms with van der Waals surface area (Å²) in [5.41, 5.74) is 8.49. The lowest BCUT2D eigenvalue weighted by Gasteiger charge is -2.40. The van der Waals surface area contributed by atoms with Crippen molar-refractivity contribution in [2.45, 2.75) is 69.6 Å². The Morgan fingerprint density at radius 2 is 2.00 bits per heavy atom. The molecule has 2 aromatic rings. The summed E-state index contributed by atoms with van der Waals surface area (Å²) in [5.74, 6) is 0.305. The molecule has 7 nitrogen and oxygen atoms in total. The molecule has 1 aromatic heterocycles. The fourth-order valence-electron chi connectivity index (χ4n) is 5.58. The molecule has 188 valence electrons. The van der Waals surface area contributed by atoms with Crippen LogP contribution < -0.4 is 5.73 Å². The molecule has 0 unspecified atom stereocenters. The quantitative estimate of drug-likeness (QED) is 0.469. The van der Waals surface area contributed by atoms with E-state index in [-0.39, 0.29) is 23.9 Å². The molecule has 0 spiro atoms. The van der Waals surface area contributed by atoms with E-state index >= 15 is 0 Å². The topological polar surface area (TPSA) is 82.8 Å². The van der Waals surface area contributed by atoms with Crippen LogP contribution in [0.2, 0.25) is 0 Å². The van der Waals surface area contributed by atoms with Gasteiger partial charge in [-0.1, -0.05) is 12.1 Å². The van der Waals surface area contributed by atoms with Crippen molar-refractivity contribution < 1.29 is 9.59 Å². The Hall–Kier alpha value is -1.72. The zero-order valence-corrected chi connectivity index (χ0v) is 23.2. The van der Waals surface area contributed by atoms with Crippen LogP contribution in [0.15, 0.2) is 29.6 Å². The molecule has 3 aliphatic rings. The number of nitrogens with zero attached hydrogens (tertiary/aromatic N) is 4. The molecule has 9 heteroatoms. The van der Waals surface area contributed by atoms with Crippen LogP contribution in [0.25, 0.3) is 11.3 Å². The maximum absolute atomic E-state index is 13.2. The predicted octanol–water partition coefficient (Wildman–Crippen LogP) is 4.55. The van der Waals surface area contributed by atoms with E-state index in [1.807, 2.05) is 27.8 Å². The van der Waals surface area contributed by atoms with Crippen LogP contribution >= 0.6 is 33.9 Å². The highest BCUT2D eigenvalue weighted by Crippen LogP contribution is 2.33. The van der Waals surface area contributed by atoms with E-state index in [1.54, 1.807) is 11.3 Å². The molecule has 5 rings (SSSR count). The number of rotatable bonds is 7. The highest BCUT2D eigenvalue weighted by Gasteiger charge is 2.39. The summed E-state index contributed by atoms with van der Waals surface area (Å²) in [6.45, 7) is 2.06. The molecule has 2 saturated carbocycles. The van der Waals surface area contributed by atoms with Crippen molar-refractivity contribution >= 4 is 45.9 Å². The SMILES string of the molecule is CN(C(=O)[C@@H](N)C1CCC(N2CCN(Cc3nc(-c4cccc(I)c4)cs3)C2=O)CC1)C1CCC1. The fourth-order valence-corrected chi connectivity index (χ4v) is 6.94. The molecule has 0 radical (unpaired) electrons. The van der Waals surface area contributed by atoms with Crippen LogP contribution in [-0.4, -0.2) is 69.9 Å². The molecular weight excluding hydrogens is 573 g/mol. The van der Waals surface area contributed by atoms with Crippen LogP contribution in [0, 0.1) is 9.49 Å². The zero-order chi connectivity index (χ0) is 24.5. The summed E-state index contributed by atoms with van der Waals surface area (Å²) in [5, 5.41) is 3.05. The Labute approximate surface area is 225 Å². The summed E-state index contributed by atoms with van der Waals surface area (Å²) in [6.07, 6.45) is 7.07. The summed E-state index contributed by atoms with van der Waals surface area (Å²) in [7, 11) is 1.90. The average molecular weight is 608 g/mol. The Morgan fingerprint density at radius 3 is 2.69 bits per heavy atom. The normalized spacial score (nSPS) is 23.9. The first kappa shape index (κ1) is 25.0. The Morgan fingerprint density at radius 1 is 1.23 bits per heavy atom. The van der Waals surface area contributed by atoms with Crippen molar-refractivity contribution in [2.24, 2.45) is 11.7 Å². The van der Waals surface area contributed by atoms with E-state index < -0.39 is 6.04 Å². The van der Waals surface area contributed by atoms with Crippen LogP contribution in [0.3, 0.4) is 0 Å². The lowest BCUT2D eigenvalue weighted by molar-refractivity contribution is -0.136. The maximum atomic E-state index is 13.2. The lowest BCUT2D eigenvalue weighted by atomic mass is 9.80. The van der Waals surface area contributed by atoms with E-state index in [2.05, 4.69) is 46.2 Å². The number of carbonyl (C=O) groups excluding carboxylic acids is 2. The van der Waals surface area contributed by atoms with Crippen molar-refractivity contribution in [3.8, 4) is 11.3 Å². The van der Waals surface area contributed by atoms with Gasteiger partial charge in [0, 0.05) is 46.7 Å². The van der Waals surface area contributed by atoms with Gasteiger partial charge < -0.3 is 20.4 Å². The first-order chi connectivity index (χ1) is 16.9. The lowest BCUT2D eigenvalue weighted by Crippen LogP contribution is -2.52. The fraction of sp³-hybridized carbons (Fsp3) is 0.577. The number of carbonyl (C=O) groups is 2. The molecule has 2 aliphatic carbocycles. The number of benzene rings is 1. The van der Waals surface area contributed by atoms with Gasteiger partial charge in [0.25, 0.3) is 0 Å². The second-order valence-corrected chi connectivity index (χ2v) is 12.4. The third kappa shape index (κ3) is 5.36. The monoisotopic (exact) mass is 607 g/mol. The number of amides is 3. The van der Waals surface area contributed by atoms with Gasteiger partial charge in [-0.2, -0.15) is 0 Å². The molecule has 1 aromatic carbocycles. The van der Waals surface area contributed by atoms with Gasteiger partial charge in [0.15, 0.2) is 0 Å². The summed E-state index contributed by atoms with van der Waals surface area (Å²) in [4.78, 5) is 36.7. The molecule has 3 amide bonds. The minimum atomic E-state index is -0.417. The van der Waals surface area contributed by atoms with Gasteiger partial charge in [-0.05, 0) is 85.6 Å². The van der Waals surface area contributed by atoms with Gasteiger partial charge >= 0.3 is 6.03 Å². The van der Waals surface area contributed by atoms with Crippen molar-refractivity contribution in [3.05, 3.63) is 38.2 Å². The number of hydrogen-bond acceptors (Lipinski definition) is 5. The highest BCUT2D eigenvalue weighted by molar-refractivity contribution is 14.1. The molecule has 2 N–H and O–H groups in total. The first-order valence-electron chi connectivity index (χ1n) is 12.7. The molecule has 1 saturated heterocycles. The van der Waals surface area contributed by atoms with Gasteiger partial charge in [-0.3, -0.25) is 4.79 Å². The van der Waals surface area contributed by atoms with Gasteiger partial charge in [-0.15, -0.1) is 11.3 Å². The van der Waals surface area contributed by atoms with Crippen molar-refractivity contribution in [1.82, 2.24) is 19.7 Å². The summed E-state index contributed by atoms with van der Waals surface area (Å²) < 4.78 is 1.19. The highest BCUT2D eigenvalue weighted by atomic mass is 127. The molecule has 3 fully saturated rings. The number of aromatic nitrogens is 1. The third-order valence-corrected chi connectivity index (χ3v) is 9.58. The van der Waals surface area contributed by atoms with E-state index in [9.17, 15) is 9.59 Å². The minimum absolute atomic E-state index is 0.0922. The van der Waals surface area contributed by atoms with E-state index in [4.69, 9.17) is 10.7 Å². The first-order valence-corrected chi connectivity index (χ1v) is 14.6. The maximum Gasteiger partial charge on any atom is 0.320 e. The van der Waals surface area contributed by atoms with Crippen LogP contribution in [0.1, 0.15) is 50.0 Å². The number of halogens is 1. The van der Waals surface area contributed by atoms with Crippen molar-refractivity contribution in [1.29, 1.82) is 0 Å². The second kappa shape index (κ2) is 10.7. The van der Waals surface area contributed by atoms with Crippen LogP contribution in [-0.2, 0) is 11.3 Å². The summed E-state index contributed by atoms with van der Waals surface area (Å²) >= 11 is 3.93. The number of likely N-dealkylation sites (N-methyl/N-ethyl adjacent to an activating group) is 1. The van der Waals surface area contributed by atoms with Crippen molar-refractivity contribution in [3.63, 3.8) is 0 Å². The van der Waals surface area contributed by atoms with E-state index in [1.165, 1.54) is 9.99 Å². The van der Waals surface area contributed by atoms with Gasteiger partial charge in [0.2, 0.25) is 5.91 Å². The molecular formula is C26H34IN5O2S. The van der Waals surface area contributed by atoms with Gasteiger partial charge in [0.1, 0.15) is 5.01 Å². The molecule has 2 heterocycles. The Balaban J connectivity index is 1.13. The van der Waals surface area contributed by atoms with Crippen LogP contribution in [0.5, 0.6) is 0 Å². The molecule has 1 aliphatic heterocycles. The third-order valence-electron chi connectivity index (χ3n) is 8.07. The standard InChI is InChI=1S/C26H34IN5O2S/c1-30(20-6-3-7-20)25(33)24(28)17-8-10-21(11-9-17)32-13-12-31(26(32)34)15-23-29-22(16-35-23)18-4-2-5-19(27)14-18/h2,4-5,14,16-17,20-21,24H,3,6-13,15,28H2,1H3/t17?,21?,24-/m0/s1. The largest absolute Gasteiger partial charge is 0.341 e. The van der Waals surface area contributed by atoms with Crippen molar-refractivity contribution in [2.75, 3.05) is 20.1 Å².